The molecular formula is C27H50N+. The largest absolute Gasteiger partial charge is 0.205 e. The third-order valence-corrected chi connectivity index (χ3v) is 6.05. The van der Waals surface area contributed by atoms with Crippen molar-refractivity contribution in [2.24, 2.45) is 0 Å². The van der Waals surface area contributed by atoms with Gasteiger partial charge in [0.15, 0.2) is 12.4 Å². The molecule has 28 heavy (non-hydrogen) atoms. The number of pyridine rings is 1. The summed E-state index contributed by atoms with van der Waals surface area (Å²) in [6.07, 6.45) is 33.4. The van der Waals surface area contributed by atoms with Gasteiger partial charge in [0, 0.05) is 18.6 Å². The number of hydrogen-bond donors (Lipinski definition) is 0. The van der Waals surface area contributed by atoms with Crippen LogP contribution in [-0.2, 0) is 6.54 Å². The third kappa shape index (κ3) is 17.3. The SMILES string of the molecule is CCCCCCCCCCCCCCCCCCCCCC[n+]1ccccc1. The van der Waals surface area contributed by atoms with Gasteiger partial charge in [0.05, 0.1) is 0 Å². The molecule has 0 bridgehead atoms. The number of aromatic nitrogens is 1. The highest BCUT2D eigenvalue weighted by Gasteiger charge is 1.98. The molecule has 1 heterocycles. The maximum Gasteiger partial charge on any atom is 0.168 e. The van der Waals surface area contributed by atoms with Crippen molar-refractivity contribution in [1.82, 2.24) is 0 Å². The minimum absolute atomic E-state index is 1.18. The van der Waals surface area contributed by atoms with Gasteiger partial charge in [-0.1, -0.05) is 129 Å². The zero-order valence-electron chi connectivity index (χ0n) is 19.2. The molecule has 1 rings (SSSR count). The van der Waals surface area contributed by atoms with Crippen LogP contribution in [0.25, 0.3) is 0 Å². The van der Waals surface area contributed by atoms with Crippen LogP contribution in [0.1, 0.15) is 135 Å². The first-order valence-corrected chi connectivity index (χ1v) is 12.9. The van der Waals surface area contributed by atoms with Gasteiger partial charge in [-0.25, -0.2) is 4.57 Å². The van der Waals surface area contributed by atoms with Crippen molar-refractivity contribution in [2.75, 3.05) is 0 Å². The molecule has 0 spiro atoms. The minimum atomic E-state index is 1.18. The summed E-state index contributed by atoms with van der Waals surface area (Å²) in [7, 11) is 0. The molecule has 0 aromatic carbocycles. The number of rotatable bonds is 21. The maximum absolute atomic E-state index is 2.30. The predicted molar refractivity (Wildman–Crippen MR) is 125 cm³/mol. The lowest BCUT2D eigenvalue weighted by Gasteiger charge is -2.04. The summed E-state index contributed by atoms with van der Waals surface area (Å²) in [6, 6.07) is 6.33. The van der Waals surface area contributed by atoms with E-state index in [1.54, 1.807) is 0 Å². The van der Waals surface area contributed by atoms with Crippen molar-refractivity contribution in [3.05, 3.63) is 30.6 Å². The normalized spacial score (nSPS) is 11.2. The van der Waals surface area contributed by atoms with Gasteiger partial charge in [-0.05, 0) is 6.42 Å². The Morgan fingerprint density at radius 2 is 0.714 bits per heavy atom. The fourth-order valence-corrected chi connectivity index (χ4v) is 4.13. The Morgan fingerprint density at radius 3 is 1.07 bits per heavy atom. The zero-order chi connectivity index (χ0) is 20.0. The lowest BCUT2D eigenvalue weighted by atomic mass is 10.0. The molecule has 0 fully saturated rings. The first-order chi connectivity index (χ1) is 13.9. The van der Waals surface area contributed by atoms with Gasteiger partial charge in [-0.15, -0.1) is 0 Å². The Bertz CT molecular complexity index is 400. The Morgan fingerprint density at radius 1 is 0.393 bits per heavy atom. The standard InChI is InChI=1S/C27H50N/c1-2-3-4-5-6-7-8-9-10-11-12-13-14-15-16-17-18-19-20-22-25-28-26-23-21-24-27-28/h21,23-24,26-27H,2-20,22,25H2,1H3/q+1. The van der Waals surface area contributed by atoms with Crippen LogP contribution in [-0.4, -0.2) is 0 Å². The topological polar surface area (TPSA) is 3.88 Å². The second-order valence-corrected chi connectivity index (χ2v) is 8.83. The second kappa shape index (κ2) is 20.9. The zero-order valence-corrected chi connectivity index (χ0v) is 19.2. The van der Waals surface area contributed by atoms with Crippen LogP contribution in [0.2, 0.25) is 0 Å². The van der Waals surface area contributed by atoms with Crippen molar-refractivity contribution in [2.45, 2.75) is 142 Å². The molecule has 0 aliphatic rings. The smallest absolute Gasteiger partial charge is 0.168 e. The fraction of sp³-hybridized carbons (Fsp3) is 0.815. The van der Waals surface area contributed by atoms with Crippen LogP contribution in [0.3, 0.4) is 0 Å². The summed E-state index contributed by atoms with van der Waals surface area (Å²) in [6.45, 7) is 3.48. The van der Waals surface area contributed by atoms with Crippen LogP contribution < -0.4 is 4.57 Å². The molecule has 0 aliphatic carbocycles. The molecule has 0 N–H and O–H groups in total. The van der Waals surface area contributed by atoms with Crippen molar-refractivity contribution in [3.63, 3.8) is 0 Å². The van der Waals surface area contributed by atoms with E-state index in [0.717, 1.165) is 0 Å². The molecule has 1 nitrogen and oxygen atoms in total. The highest BCUT2D eigenvalue weighted by molar-refractivity contribution is 4.83. The average Bonchev–Trinajstić information content (AvgIpc) is 2.73. The number of unbranched alkanes of at least 4 members (excludes halogenated alkanes) is 19. The van der Waals surface area contributed by atoms with E-state index < -0.39 is 0 Å². The third-order valence-electron chi connectivity index (χ3n) is 6.05. The lowest BCUT2D eigenvalue weighted by Crippen LogP contribution is -2.32. The van der Waals surface area contributed by atoms with Crippen molar-refractivity contribution < 1.29 is 4.57 Å². The average molecular weight is 389 g/mol. The Hall–Kier alpha value is -0.850. The Balaban J connectivity index is 1.67. The van der Waals surface area contributed by atoms with E-state index in [0.29, 0.717) is 0 Å². The van der Waals surface area contributed by atoms with E-state index in [1.807, 2.05) is 0 Å². The second-order valence-electron chi connectivity index (χ2n) is 8.83. The number of nitrogens with zero attached hydrogens (tertiary/aromatic N) is 1. The number of aryl methyl sites for hydroxylation is 1. The molecular weight excluding hydrogens is 338 g/mol. The summed E-state index contributed by atoms with van der Waals surface area (Å²) < 4.78 is 2.30. The molecule has 0 radical (unpaired) electrons. The van der Waals surface area contributed by atoms with E-state index in [-0.39, 0.29) is 0 Å². The summed E-state index contributed by atoms with van der Waals surface area (Å²) in [5.74, 6) is 0. The van der Waals surface area contributed by atoms with Crippen molar-refractivity contribution in [3.8, 4) is 0 Å². The quantitative estimate of drug-likeness (QED) is 0.146. The van der Waals surface area contributed by atoms with Gasteiger partial charge < -0.3 is 0 Å². The maximum atomic E-state index is 2.30. The highest BCUT2D eigenvalue weighted by atomic mass is 14.9. The molecule has 0 aliphatic heterocycles. The monoisotopic (exact) mass is 388 g/mol. The van der Waals surface area contributed by atoms with E-state index in [4.69, 9.17) is 0 Å². The van der Waals surface area contributed by atoms with E-state index in [9.17, 15) is 0 Å². The first-order valence-electron chi connectivity index (χ1n) is 12.9. The van der Waals surface area contributed by atoms with Crippen molar-refractivity contribution in [1.29, 1.82) is 0 Å². The van der Waals surface area contributed by atoms with E-state index >= 15 is 0 Å². The van der Waals surface area contributed by atoms with Gasteiger partial charge in [0.25, 0.3) is 0 Å². The van der Waals surface area contributed by atoms with Crippen molar-refractivity contribution >= 4 is 0 Å². The fourth-order valence-electron chi connectivity index (χ4n) is 4.13. The molecule has 162 valence electrons. The Labute approximate surface area is 177 Å². The summed E-state index contributed by atoms with van der Waals surface area (Å²) in [5, 5.41) is 0. The van der Waals surface area contributed by atoms with Gasteiger partial charge in [0.1, 0.15) is 6.54 Å². The molecule has 0 saturated carbocycles. The molecule has 1 heteroatoms. The van der Waals surface area contributed by atoms with E-state index in [1.165, 1.54) is 135 Å². The predicted octanol–water partition coefficient (Wildman–Crippen LogP) is 8.80. The Kier molecular flexibility index (Phi) is 18.8. The molecule has 0 amide bonds. The van der Waals surface area contributed by atoms with E-state index in [2.05, 4.69) is 42.1 Å². The van der Waals surface area contributed by atoms with Gasteiger partial charge in [-0.3, -0.25) is 0 Å². The molecule has 1 aromatic heterocycles. The van der Waals surface area contributed by atoms with Crippen LogP contribution in [0.4, 0.5) is 0 Å². The van der Waals surface area contributed by atoms with Gasteiger partial charge in [0.2, 0.25) is 0 Å². The van der Waals surface area contributed by atoms with Crippen LogP contribution >= 0.6 is 0 Å². The summed E-state index contributed by atoms with van der Waals surface area (Å²) in [4.78, 5) is 0. The minimum Gasteiger partial charge on any atom is -0.205 e. The molecule has 1 aromatic rings. The summed E-state index contributed by atoms with van der Waals surface area (Å²) >= 11 is 0. The first kappa shape index (κ1) is 25.2. The van der Waals surface area contributed by atoms with Crippen LogP contribution in [0.15, 0.2) is 30.6 Å². The number of hydrogen-bond acceptors (Lipinski definition) is 0. The highest BCUT2D eigenvalue weighted by Crippen LogP contribution is 2.14. The lowest BCUT2D eigenvalue weighted by molar-refractivity contribution is -0.697. The molecule has 0 unspecified atom stereocenters. The van der Waals surface area contributed by atoms with Crippen LogP contribution in [0.5, 0.6) is 0 Å². The molecule has 0 atom stereocenters. The molecule has 0 saturated heterocycles. The van der Waals surface area contributed by atoms with Gasteiger partial charge >= 0.3 is 0 Å². The summed E-state index contributed by atoms with van der Waals surface area (Å²) in [5.41, 5.74) is 0. The van der Waals surface area contributed by atoms with Gasteiger partial charge in [-0.2, -0.15) is 0 Å². The van der Waals surface area contributed by atoms with Crippen LogP contribution in [0, 0.1) is 0 Å².